The number of fused-ring (bicyclic) bond motifs is 3. The van der Waals surface area contributed by atoms with Crippen molar-refractivity contribution in [2.45, 2.75) is 18.7 Å². The van der Waals surface area contributed by atoms with E-state index >= 15 is 0 Å². The zero-order chi connectivity index (χ0) is 19.1. The van der Waals surface area contributed by atoms with E-state index in [9.17, 15) is 0 Å². The first kappa shape index (κ1) is 17.3. The topological polar surface area (TPSA) is 34.1 Å². The molecule has 0 amide bonds. The van der Waals surface area contributed by atoms with E-state index in [1.54, 1.807) is 7.11 Å². The van der Waals surface area contributed by atoms with Crippen molar-refractivity contribution >= 4 is 21.6 Å². The number of rotatable bonds is 3. The number of ether oxygens (including phenoxy) is 2. The van der Waals surface area contributed by atoms with Crippen LogP contribution < -0.4 is 9.47 Å². The first-order valence-corrected chi connectivity index (χ1v) is 10.0. The van der Waals surface area contributed by atoms with Crippen LogP contribution in [0.15, 0.2) is 82.4 Å². The quantitative estimate of drug-likeness (QED) is 0.529. The normalized spacial score (nSPS) is 20.1. The first-order valence-electron chi connectivity index (χ1n) is 9.24. The van der Waals surface area contributed by atoms with Gasteiger partial charge in [-0.05, 0) is 48.0 Å². The highest BCUT2D eigenvalue weighted by atomic mass is 79.9. The number of para-hydroxylation sites is 1. The second-order valence-corrected chi connectivity index (χ2v) is 7.85. The van der Waals surface area contributed by atoms with Crippen LogP contribution in [0.3, 0.4) is 0 Å². The monoisotopic (exact) mass is 434 g/mol. The number of benzene rings is 3. The molecule has 3 aromatic rings. The highest BCUT2D eigenvalue weighted by Gasteiger charge is 2.40. The van der Waals surface area contributed by atoms with Crippen LogP contribution in [0.2, 0.25) is 0 Å². The SMILES string of the molecule is COc1ccc([C@H]2Oc3ccccc3[C@@H]3CC(c4ccc(Br)cc4)=NN23)cc1. The van der Waals surface area contributed by atoms with Crippen LogP contribution in [0.25, 0.3) is 0 Å². The summed E-state index contributed by atoms with van der Waals surface area (Å²) in [4.78, 5) is 0. The van der Waals surface area contributed by atoms with E-state index in [0.29, 0.717) is 0 Å². The molecule has 0 saturated carbocycles. The Balaban J connectivity index is 1.56. The van der Waals surface area contributed by atoms with Gasteiger partial charge in [-0.2, -0.15) is 5.10 Å². The molecule has 5 rings (SSSR count). The third-order valence-corrected chi connectivity index (χ3v) is 5.81. The molecule has 0 bridgehead atoms. The van der Waals surface area contributed by atoms with Gasteiger partial charge in [0.15, 0.2) is 0 Å². The minimum Gasteiger partial charge on any atom is -0.497 e. The molecule has 0 fully saturated rings. The third-order valence-electron chi connectivity index (χ3n) is 5.28. The zero-order valence-corrected chi connectivity index (χ0v) is 17.0. The lowest BCUT2D eigenvalue weighted by molar-refractivity contribution is -0.0190. The van der Waals surface area contributed by atoms with E-state index in [-0.39, 0.29) is 12.3 Å². The van der Waals surface area contributed by atoms with E-state index in [1.165, 1.54) is 5.56 Å². The molecule has 0 aliphatic carbocycles. The van der Waals surface area contributed by atoms with Gasteiger partial charge in [-0.25, -0.2) is 5.01 Å². The molecule has 28 heavy (non-hydrogen) atoms. The average Bonchev–Trinajstić information content (AvgIpc) is 3.19. The smallest absolute Gasteiger partial charge is 0.213 e. The van der Waals surface area contributed by atoms with Crippen molar-refractivity contribution in [1.82, 2.24) is 5.01 Å². The molecule has 0 N–H and O–H groups in total. The van der Waals surface area contributed by atoms with Gasteiger partial charge in [0.1, 0.15) is 11.5 Å². The van der Waals surface area contributed by atoms with Gasteiger partial charge in [-0.3, -0.25) is 0 Å². The Kier molecular flexibility index (Phi) is 4.32. The van der Waals surface area contributed by atoms with E-state index in [4.69, 9.17) is 14.6 Å². The predicted octanol–water partition coefficient (Wildman–Crippen LogP) is 5.70. The number of nitrogens with zero attached hydrogens (tertiary/aromatic N) is 2. The summed E-state index contributed by atoms with van der Waals surface area (Å²) in [5.74, 6) is 1.76. The van der Waals surface area contributed by atoms with Crippen LogP contribution in [-0.2, 0) is 0 Å². The lowest BCUT2D eigenvalue weighted by atomic mass is 9.96. The summed E-state index contributed by atoms with van der Waals surface area (Å²) in [6.45, 7) is 0. The molecule has 140 valence electrons. The summed E-state index contributed by atoms with van der Waals surface area (Å²) >= 11 is 3.51. The predicted molar refractivity (Wildman–Crippen MR) is 113 cm³/mol. The van der Waals surface area contributed by atoms with E-state index in [2.05, 4.69) is 57.3 Å². The van der Waals surface area contributed by atoms with Crippen LogP contribution in [0.4, 0.5) is 0 Å². The minimum atomic E-state index is -0.265. The Labute approximate surface area is 172 Å². The maximum Gasteiger partial charge on any atom is 0.213 e. The summed E-state index contributed by atoms with van der Waals surface area (Å²) < 4.78 is 12.7. The minimum absolute atomic E-state index is 0.163. The Morgan fingerprint density at radius 2 is 1.75 bits per heavy atom. The fraction of sp³-hybridized carbons (Fsp3) is 0.174. The number of hydrazone groups is 1. The molecule has 0 aromatic heterocycles. The molecule has 0 spiro atoms. The van der Waals surface area contributed by atoms with Crippen LogP contribution in [0.1, 0.15) is 35.4 Å². The second kappa shape index (κ2) is 6.99. The molecular formula is C23H19BrN2O2. The third kappa shape index (κ3) is 2.96. The lowest BCUT2D eigenvalue weighted by Gasteiger charge is -2.38. The van der Waals surface area contributed by atoms with E-state index < -0.39 is 0 Å². The van der Waals surface area contributed by atoms with Crippen LogP contribution in [0, 0.1) is 0 Å². The molecule has 4 nitrogen and oxygen atoms in total. The van der Waals surface area contributed by atoms with Crippen molar-refractivity contribution in [3.63, 3.8) is 0 Å². The van der Waals surface area contributed by atoms with Crippen molar-refractivity contribution in [2.24, 2.45) is 5.10 Å². The summed E-state index contributed by atoms with van der Waals surface area (Å²) in [5, 5.41) is 7.09. The Morgan fingerprint density at radius 1 is 1.00 bits per heavy atom. The van der Waals surface area contributed by atoms with Crippen molar-refractivity contribution in [3.05, 3.63) is 94.0 Å². The molecule has 3 aromatic carbocycles. The summed E-state index contributed by atoms with van der Waals surface area (Å²) in [7, 11) is 1.67. The van der Waals surface area contributed by atoms with Crippen molar-refractivity contribution in [3.8, 4) is 11.5 Å². The summed E-state index contributed by atoms with van der Waals surface area (Å²) in [5.41, 5.74) is 4.46. The molecule has 5 heteroatoms. The Bertz CT molecular complexity index is 1030. The fourth-order valence-electron chi connectivity index (χ4n) is 3.84. The lowest BCUT2D eigenvalue weighted by Crippen LogP contribution is -2.33. The van der Waals surface area contributed by atoms with Crippen LogP contribution >= 0.6 is 15.9 Å². The van der Waals surface area contributed by atoms with Crippen molar-refractivity contribution < 1.29 is 9.47 Å². The van der Waals surface area contributed by atoms with Gasteiger partial charge in [0, 0.05) is 22.0 Å². The van der Waals surface area contributed by atoms with Gasteiger partial charge in [0.25, 0.3) is 0 Å². The maximum atomic E-state index is 6.38. The Hall–Kier alpha value is -2.79. The highest BCUT2D eigenvalue weighted by Crippen LogP contribution is 2.47. The van der Waals surface area contributed by atoms with Gasteiger partial charge in [0.05, 0.1) is 18.9 Å². The second-order valence-electron chi connectivity index (χ2n) is 6.93. The van der Waals surface area contributed by atoms with Crippen molar-refractivity contribution in [2.75, 3.05) is 7.11 Å². The van der Waals surface area contributed by atoms with E-state index in [0.717, 1.165) is 39.2 Å². The number of hydrogen-bond donors (Lipinski definition) is 0. The van der Waals surface area contributed by atoms with Gasteiger partial charge in [0.2, 0.25) is 6.23 Å². The molecule has 0 radical (unpaired) electrons. The van der Waals surface area contributed by atoms with Gasteiger partial charge >= 0.3 is 0 Å². The van der Waals surface area contributed by atoms with Crippen molar-refractivity contribution in [1.29, 1.82) is 0 Å². The molecule has 2 aliphatic heterocycles. The number of halogens is 1. The van der Waals surface area contributed by atoms with Crippen LogP contribution in [0.5, 0.6) is 11.5 Å². The largest absolute Gasteiger partial charge is 0.497 e. The Morgan fingerprint density at radius 3 is 2.50 bits per heavy atom. The van der Waals surface area contributed by atoms with E-state index in [1.807, 2.05) is 36.4 Å². The first-order chi connectivity index (χ1) is 13.7. The standard InChI is InChI=1S/C23H19BrN2O2/c1-27-18-12-8-16(9-13-18)23-26-21(19-4-2-3-5-22(19)28-23)14-20(25-26)15-6-10-17(24)11-7-15/h2-13,21,23H,14H2,1H3/t21-,23+/m0/s1. The van der Waals surface area contributed by atoms with Crippen LogP contribution in [-0.4, -0.2) is 17.8 Å². The number of hydrogen-bond acceptors (Lipinski definition) is 4. The molecule has 2 heterocycles. The number of methoxy groups -OCH3 is 1. The zero-order valence-electron chi connectivity index (χ0n) is 15.4. The molecule has 0 unspecified atom stereocenters. The molecular weight excluding hydrogens is 416 g/mol. The van der Waals surface area contributed by atoms with Gasteiger partial charge < -0.3 is 9.47 Å². The van der Waals surface area contributed by atoms with Gasteiger partial charge in [-0.15, -0.1) is 0 Å². The maximum absolute atomic E-state index is 6.38. The van der Waals surface area contributed by atoms with Gasteiger partial charge in [-0.1, -0.05) is 46.3 Å². The average molecular weight is 435 g/mol. The highest BCUT2D eigenvalue weighted by molar-refractivity contribution is 9.10. The molecule has 0 saturated heterocycles. The molecule has 2 atom stereocenters. The summed E-state index contributed by atoms with van der Waals surface area (Å²) in [6.07, 6.45) is 0.591. The summed E-state index contributed by atoms with van der Waals surface area (Å²) in [6, 6.07) is 24.8. The fourth-order valence-corrected chi connectivity index (χ4v) is 4.10. The molecule has 2 aliphatic rings.